The van der Waals surface area contributed by atoms with E-state index in [1.165, 1.54) is 6.92 Å². The molecule has 0 spiro atoms. The fourth-order valence-electron chi connectivity index (χ4n) is 3.03. The molecule has 12 nitrogen and oxygen atoms in total. The van der Waals surface area contributed by atoms with Crippen molar-refractivity contribution in [2.75, 3.05) is 0 Å². The minimum atomic E-state index is -1.54. The number of aliphatic hydroxyl groups excluding tert-OH is 1. The minimum absolute atomic E-state index is 0.00639. The van der Waals surface area contributed by atoms with Gasteiger partial charge in [-0.25, -0.2) is 4.79 Å². The van der Waals surface area contributed by atoms with Gasteiger partial charge >= 0.3 is 5.97 Å². The number of carboxylic acids is 1. The van der Waals surface area contributed by atoms with Gasteiger partial charge in [-0.1, -0.05) is 27.7 Å². The Labute approximate surface area is 194 Å². The molecule has 0 bridgehead atoms. The Morgan fingerprint density at radius 3 is 1.58 bits per heavy atom. The number of primary amides is 1. The van der Waals surface area contributed by atoms with E-state index < -0.39 is 59.9 Å². The van der Waals surface area contributed by atoms with Crippen molar-refractivity contribution in [3.63, 3.8) is 0 Å². The maximum absolute atomic E-state index is 13.0. The molecule has 12 heteroatoms. The molecular formula is C21H39N5O7. The highest BCUT2D eigenvalue weighted by Crippen LogP contribution is 2.10. The highest BCUT2D eigenvalue weighted by molar-refractivity contribution is 5.94. The van der Waals surface area contributed by atoms with Crippen LogP contribution in [0.1, 0.15) is 60.3 Å². The van der Waals surface area contributed by atoms with E-state index in [2.05, 4.69) is 16.0 Å². The van der Waals surface area contributed by atoms with Crippen molar-refractivity contribution in [3.05, 3.63) is 0 Å². The van der Waals surface area contributed by atoms with E-state index in [1.54, 1.807) is 0 Å². The third kappa shape index (κ3) is 12.2. The summed E-state index contributed by atoms with van der Waals surface area (Å²) in [4.78, 5) is 60.3. The van der Waals surface area contributed by atoms with Gasteiger partial charge in [0.2, 0.25) is 23.6 Å². The summed E-state index contributed by atoms with van der Waals surface area (Å²) in [5, 5.41) is 26.2. The zero-order valence-electron chi connectivity index (χ0n) is 20.0. The summed E-state index contributed by atoms with van der Waals surface area (Å²) in [5.74, 6) is -4.08. The molecule has 190 valence electrons. The van der Waals surface area contributed by atoms with Crippen LogP contribution in [0.2, 0.25) is 0 Å². The number of amides is 4. The number of rotatable bonds is 15. The molecule has 5 atom stereocenters. The van der Waals surface area contributed by atoms with Gasteiger partial charge < -0.3 is 37.6 Å². The second-order valence-electron chi connectivity index (χ2n) is 9.06. The van der Waals surface area contributed by atoms with Crippen molar-refractivity contribution in [1.29, 1.82) is 0 Å². The zero-order chi connectivity index (χ0) is 25.9. The second kappa shape index (κ2) is 14.4. The van der Waals surface area contributed by atoms with Crippen LogP contribution in [0.4, 0.5) is 0 Å². The smallest absolute Gasteiger partial charge is 0.328 e. The Morgan fingerprint density at radius 2 is 1.21 bits per heavy atom. The first-order chi connectivity index (χ1) is 15.1. The summed E-state index contributed by atoms with van der Waals surface area (Å²) in [7, 11) is 0. The van der Waals surface area contributed by atoms with Gasteiger partial charge in [0, 0.05) is 6.42 Å². The van der Waals surface area contributed by atoms with Crippen LogP contribution in [0.25, 0.3) is 0 Å². The number of aliphatic carboxylic acids is 1. The SMILES string of the molecule is CC(C)CC(NC(=O)C(N)CCC(N)=O)C(=O)NC(CC(C)C)C(=O)NC(C(=O)O)C(C)O. The number of carbonyl (C=O) groups excluding carboxylic acids is 4. The Morgan fingerprint density at radius 1 is 0.788 bits per heavy atom. The standard InChI is InChI=1S/C21H39N5O7/c1-10(2)8-14(24-18(29)13(22)6-7-16(23)28)19(30)25-15(9-11(3)4)20(31)26-17(12(5)27)21(32)33/h10-15,17,27H,6-9,22H2,1-5H3,(H2,23,28)(H,24,29)(H,25,30)(H,26,31)(H,32,33). The van der Waals surface area contributed by atoms with E-state index in [1.807, 2.05) is 27.7 Å². The first kappa shape index (κ1) is 30.3. The van der Waals surface area contributed by atoms with Crippen molar-refractivity contribution in [3.8, 4) is 0 Å². The lowest BCUT2D eigenvalue weighted by Gasteiger charge is -2.27. The number of carboxylic acid groups (broad SMARTS) is 1. The molecule has 0 aliphatic heterocycles. The third-order valence-corrected chi connectivity index (χ3v) is 4.76. The molecular weight excluding hydrogens is 434 g/mol. The molecule has 0 aromatic carbocycles. The first-order valence-electron chi connectivity index (χ1n) is 11.0. The van der Waals surface area contributed by atoms with Gasteiger partial charge in [0.1, 0.15) is 12.1 Å². The molecule has 0 heterocycles. The highest BCUT2D eigenvalue weighted by atomic mass is 16.4. The lowest BCUT2D eigenvalue weighted by molar-refractivity contribution is -0.145. The molecule has 0 fully saturated rings. The third-order valence-electron chi connectivity index (χ3n) is 4.76. The Balaban J connectivity index is 5.47. The average Bonchev–Trinajstić information content (AvgIpc) is 2.67. The normalized spacial score (nSPS) is 15.8. The molecule has 9 N–H and O–H groups in total. The van der Waals surface area contributed by atoms with Crippen LogP contribution in [0.3, 0.4) is 0 Å². The number of hydrogen-bond donors (Lipinski definition) is 7. The maximum Gasteiger partial charge on any atom is 0.328 e. The van der Waals surface area contributed by atoms with Crippen molar-refractivity contribution in [2.45, 2.75) is 90.6 Å². The van der Waals surface area contributed by atoms with Crippen molar-refractivity contribution >= 4 is 29.6 Å². The fraction of sp³-hybridized carbons (Fsp3) is 0.762. The molecule has 0 saturated heterocycles. The Hall–Kier alpha value is -2.73. The predicted octanol–water partition coefficient (Wildman–Crippen LogP) is -1.41. The largest absolute Gasteiger partial charge is 0.480 e. The summed E-state index contributed by atoms with van der Waals surface area (Å²) < 4.78 is 0. The van der Waals surface area contributed by atoms with Crippen LogP contribution in [0, 0.1) is 11.8 Å². The molecule has 0 rings (SSSR count). The maximum atomic E-state index is 13.0. The van der Waals surface area contributed by atoms with Crippen LogP contribution < -0.4 is 27.4 Å². The van der Waals surface area contributed by atoms with E-state index >= 15 is 0 Å². The van der Waals surface area contributed by atoms with Crippen LogP contribution in [-0.2, 0) is 24.0 Å². The van der Waals surface area contributed by atoms with E-state index in [4.69, 9.17) is 11.5 Å². The first-order valence-corrected chi connectivity index (χ1v) is 11.0. The number of carbonyl (C=O) groups is 5. The van der Waals surface area contributed by atoms with E-state index in [0.29, 0.717) is 0 Å². The Kier molecular flexibility index (Phi) is 13.2. The van der Waals surface area contributed by atoms with Gasteiger partial charge in [0.15, 0.2) is 6.04 Å². The predicted molar refractivity (Wildman–Crippen MR) is 120 cm³/mol. The van der Waals surface area contributed by atoms with Gasteiger partial charge in [-0.2, -0.15) is 0 Å². The molecule has 0 aromatic heterocycles. The van der Waals surface area contributed by atoms with Crippen LogP contribution in [0.15, 0.2) is 0 Å². The number of nitrogens with two attached hydrogens (primary N) is 2. The van der Waals surface area contributed by atoms with Crippen LogP contribution >= 0.6 is 0 Å². The number of nitrogens with one attached hydrogen (secondary N) is 3. The molecule has 4 amide bonds. The van der Waals surface area contributed by atoms with Gasteiger partial charge in [0.05, 0.1) is 12.1 Å². The van der Waals surface area contributed by atoms with Crippen molar-refractivity contribution in [2.24, 2.45) is 23.3 Å². The van der Waals surface area contributed by atoms with Crippen molar-refractivity contribution < 1.29 is 34.2 Å². The van der Waals surface area contributed by atoms with E-state index in [9.17, 15) is 34.2 Å². The topological polar surface area (TPSA) is 214 Å². The highest BCUT2D eigenvalue weighted by Gasteiger charge is 2.32. The lowest BCUT2D eigenvalue weighted by Crippen LogP contribution is -2.58. The quantitative estimate of drug-likeness (QED) is 0.150. The minimum Gasteiger partial charge on any atom is -0.480 e. The number of aliphatic hydroxyl groups is 1. The van der Waals surface area contributed by atoms with Gasteiger partial charge in [-0.3, -0.25) is 19.2 Å². The second-order valence-corrected chi connectivity index (χ2v) is 9.06. The summed E-state index contributed by atoms with van der Waals surface area (Å²) in [6.45, 7) is 8.56. The van der Waals surface area contributed by atoms with Crippen LogP contribution in [0.5, 0.6) is 0 Å². The molecule has 33 heavy (non-hydrogen) atoms. The van der Waals surface area contributed by atoms with Gasteiger partial charge in [-0.15, -0.1) is 0 Å². The number of hydrogen-bond acceptors (Lipinski definition) is 7. The van der Waals surface area contributed by atoms with E-state index in [0.717, 1.165) is 0 Å². The van der Waals surface area contributed by atoms with Gasteiger partial charge in [0.25, 0.3) is 0 Å². The Bertz CT molecular complexity index is 696. The summed E-state index contributed by atoms with van der Waals surface area (Å²) in [6, 6.07) is -4.68. The molecule has 0 aromatic rings. The molecule has 0 saturated carbocycles. The fourth-order valence-corrected chi connectivity index (χ4v) is 3.03. The lowest BCUT2D eigenvalue weighted by atomic mass is 9.99. The molecule has 0 aliphatic rings. The van der Waals surface area contributed by atoms with E-state index in [-0.39, 0.29) is 37.5 Å². The van der Waals surface area contributed by atoms with Crippen molar-refractivity contribution in [1.82, 2.24) is 16.0 Å². The molecule has 0 aliphatic carbocycles. The average molecular weight is 474 g/mol. The van der Waals surface area contributed by atoms with Crippen LogP contribution in [-0.4, -0.2) is 70.1 Å². The van der Waals surface area contributed by atoms with Gasteiger partial charge in [-0.05, 0) is 38.0 Å². The molecule has 5 unspecified atom stereocenters. The monoisotopic (exact) mass is 473 g/mol. The summed E-state index contributed by atoms with van der Waals surface area (Å²) in [6.07, 6.45) is -0.964. The molecule has 0 radical (unpaired) electrons. The zero-order valence-corrected chi connectivity index (χ0v) is 20.0. The summed E-state index contributed by atoms with van der Waals surface area (Å²) >= 11 is 0. The summed E-state index contributed by atoms with van der Waals surface area (Å²) in [5.41, 5.74) is 10.8.